The third-order valence-corrected chi connectivity index (χ3v) is 4.17. The van der Waals surface area contributed by atoms with E-state index in [0.29, 0.717) is 12.2 Å². The summed E-state index contributed by atoms with van der Waals surface area (Å²) >= 11 is 0. The monoisotopic (exact) mass is 258 g/mol. The smallest absolute Gasteiger partial charge is 0.216 e. The van der Waals surface area contributed by atoms with Crippen molar-refractivity contribution in [1.82, 2.24) is 4.31 Å². The van der Waals surface area contributed by atoms with Crippen molar-refractivity contribution in [3.05, 3.63) is 29.8 Å². The molecule has 6 heteroatoms. The number of hydrogen-bond acceptors (Lipinski definition) is 4. The molecule has 0 heterocycles. The maximum absolute atomic E-state index is 11.8. The maximum Gasteiger partial charge on any atom is 0.216 e. The number of benzene rings is 1. The van der Waals surface area contributed by atoms with Gasteiger partial charge >= 0.3 is 0 Å². The minimum absolute atomic E-state index is 0.00499. The van der Waals surface area contributed by atoms with Crippen LogP contribution in [0.2, 0.25) is 0 Å². The molecule has 0 radical (unpaired) electrons. The zero-order chi connectivity index (χ0) is 12.9. The Morgan fingerprint density at radius 3 is 2.41 bits per heavy atom. The molecule has 0 unspecified atom stereocenters. The highest BCUT2D eigenvalue weighted by Crippen LogP contribution is 2.10. The van der Waals surface area contributed by atoms with Gasteiger partial charge in [0.1, 0.15) is 0 Å². The first-order chi connectivity index (χ1) is 7.95. The van der Waals surface area contributed by atoms with Crippen molar-refractivity contribution in [3.63, 3.8) is 0 Å². The summed E-state index contributed by atoms with van der Waals surface area (Å²) in [6, 6.07) is 7.14. The number of ether oxygens (including phenoxy) is 1. The Balaban J connectivity index is 2.65. The van der Waals surface area contributed by atoms with Crippen LogP contribution in [-0.2, 0) is 21.3 Å². The molecule has 17 heavy (non-hydrogen) atoms. The molecule has 1 aromatic rings. The maximum atomic E-state index is 11.8. The molecule has 0 fully saturated rings. The summed E-state index contributed by atoms with van der Waals surface area (Å²) in [6.45, 7) is 0.542. The summed E-state index contributed by atoms with van der Waals surface area (Å²) in [6.07, 6.45) is 0. The van der Waals surface area contributed by atoms with Crippen molar-refractivity contribution in [1.29, 1.82) is 0 Å². The molecule has 0 saturated heterocycles. The van der Waals surface area contributed by atoms with Crippen LogP contribution in [0.5, 0.6) is 0 Å². The van der Waals surface area contributed by atoms with Gasteiger partial charge in [0, 0.05) is 26.4 Å². The van der Waals surface area contributed by atoms with Gasteiger partial charge in [-0.05, 0) is 17.7 Å². The molecule has 1 aromatic carbocycles. The van der Waals surface area contributed by atoms with Crippen molar-refractivity contribution >= 4 is 15.7 Å². The highest BCUT2D eigenvalue weighted by molar-refractivity contribution is 7.89. The summed E-state index contributed by atoms with van der Waals surface area (Å²) in [7, 11) is -0.215. The molecule has 0 aliphatic carbocycles. The van der Waals surface area contributed by atoms with Gasteiger partial charge in [-0.2, -0.15) is 0 Å². The Morgan fingerprint density at radius 1 is 1.29 bits per heavy atom. The average Bonchev–Trinajstić information content (AvgIpc) is 2.29. The Hall–Kier alpha value is -1.11. The van der Waals surface area contributed by atoms with Gasteiger partial charge in [0.25, 0.3) is 0 Å². The van der Waals surface area contributed by atoms with Gasteiger partial charge in [-0.25, -0.2) is 12.7 Å². The van der Waals surface area contributed by atoms with Crippen molar-refractivity contribution in [2.45, 2.75) is 6.54 Å². The molecule has 0 amide bonds. The largest absolute Gasteiger partial charge is 0.399 e. The standard InChI is InChI=1S/C11H18N2O3S/c1-13(17(14,15)8-7-16-2)9-10-3-5-11(12)6-4-10/h3-6H,7-9,12H2,1-2H3. The van der Waals surface area contributed by atoms with Gasteiger partial charge in [0.2, 0.25) is 10.0 Å². The Bertz CT molecular complexity index is 442. The van der Waals surface area contributed by atoms with Crippen LogP contribution in [0.3, 0.4) is 0 Å². The van der Waals surface area contributed by atoms with E-state index < -0.39 is 10.0 Å². The van der Waals surface area contributed by atoms with Crippen LogP contribution in [-0.4, -0.2) is 39.2 Å². The summed E-state index contributed by atoms with van der Waals surface area (Å²) in [5, 5.41) is 0. The fourth-order valence-corrected chi connectivity index (χ4v) is 2.36. The molecule has 5 nitrogen and oxygen atoms in total. The Morgan fingerprint density at radius 2 is 1.88 bits per heavy atom. The molecule has 0 bridgehead atoms. The molecular formula is C11H18N2O3S. The van der Waals surface area contributed by atoms with Gasteiger partial charge in [-0.1, -0.05) is 12.1 Å². The van der Waals surface area contributed by atoms with Crippen LogP contribution < -0.4 is 5.73 Å². The second kappa shape index (κ2) is 6.00. The van der Waals surface area contributed by atoms with Crippen LogP contribution in [0.25, 0.3) is 0 Å². The Kier molecular flexibility index (Phi) is 4.92. The van der Waals surface area contributed by atoms with E-state index >= 15 is 0 Å². The quantitative estimate of drug-likeness (QED) is 0.761. The summed E-state index contributed by atoms with van der Waals surface area (Å²) in [5.41, 5.74) is 7.13. The Labute approximate surface area is 102 Å². The third-order valence-electron chi connectivity index (χ3n) is 2.41. The second-order valence-corrected chi connectivity index (χ2v) is 6.00. The zero-order valence-electron chi connectivity index (χ0n) is 10.1. The fraction of sp³-hybridized carbons (Fsp3) is 0.455. The van der Waals surface area contributed by atoms with E-state index in [0.717, 1.165) is 5.56 Å². The SMILES string of the molecule is COCCS(=O)(=O)N(C)Cc1ccc(N)cc1. The first kappa shape index (κ1) is 14.0. The van der Waals surface area contributed by atoms with Gasteiger partial charge in [0.05, 0.1) is 12.4 Å². The van der Waals surface area contributed by atoms with Crippen molar-refractivity contribution in [2.75, 3.05) is 32.3 Å². The molecule has 0 aromatic heterocycles. The van der Waals surface area contributed by atoms with Crippen molar-refractivity contribution in [2.24, 2.45) is 0 Å². The van der Waals surface area contributed by atoms with E-state index in [-0.39, 0.29) is 12.4 Å². The van der Waals surface area contributed by atoms with Crippen LogP contribution in [0.1, 0.15) is 5.56 Å². The molecule has 0 aliphatic heterocycles. The lowest BCUT2D eigenvalue weighted by Gasteiger charge is -2.17. The van der Waals surface area contributed by atoms with Crippen LogP contribution in [0.4, 0.5) is 5.69 Å². The molecular weight excluding hydrogens is 240 g/mol. The van der Waals surface area contributed by atoms with Crippen LogP contribution >= 0.6 is 0 Å². The number of nitrogens with two attached hydrogens (primary N) is 1. The van der Waals surface area contributed by atoms with E-state index in [4.69, 9.17) is 10.5 Å². The van der Waals surface area contributed by atoms with E-state index in [1.807, 2.05) is 12.1 Å². The average molecular weight is 258 g/mol. The molecule has 2 N–H and O–H groups in total. The zero-order valence-corrected chi connectivity index (χ0v) is 10.9. The number of sulfonamides is 1. The number of nitrogens with zero attached hydrogens (tertiary/aromatic N) is 1. The topological polar surface area (TPSA) is 72.6 Å². The third kappa shape index (κ3) is 4.33. The molecule has 96 valence electrons. The highest BCUT2D eigenvalue weighted by Gasteiger charge is 2.17. The molecule has 1 rings (SSSR count). The van der Waals surface area contributed by atoms with Gasteiger partial charge in [0.15, 0.2) is 0 Å². The summed E-state index contributed by atoms with van der Waals surface area (Å²) in [4.78, 5) is 0. The van der Waals surface area contributed by atoms with E-state index in [1.54, 1.807) is 19.2 Å². The fourth-order valence-electron chi connectivity index (χ4n) is 1.32. The van der Waals surface area contributed by atoms with Gasteiger partial charge in [-0.3, -0.25) is 0 Å². The predicted octanol–water partition coefficient (Wildman–Crippen LogP) is 0.677. The number of hydrogen-bond donors (Lipinski definition) is 1. The predicted molar refractivity (Wildman–Crippen MR) is 68.0 cm³/mol. The lowest BCUT2D eigenvalue weighted by Crippen LogP contribution is -2.30. The van der Waals surface area contributed by atoms with Crippen LogP contribution in [0.15, 0.2) is 24.3 Å². The first-order valence-corrected chi connectivity index (χ1v) is 6.84. The minimum Gasteiger partial charge on any atom is -0.399 e. The molecule has 0 atom stereocenters. The number of nitrogen functional groups attached to an aromatic ring is 1. The highest BCUT2D eigenvalue weighted by atomic mass is 32.2. The van der Waals surface area contributed by atoms with E-state index in [1.165, 1.54) is 11.4 Å². The first-order valence-electron chi connectivity index (χ1n) is 5.23. The number of anilines is 1. The van der Waals surface area contributed by atoms with Crippen molar-refractivity contribution in [3.8, 4) is 0 Å². The van der Waals surface area contributed by atoms with Gasteiger partial charge in [-0.15, -0.1) is 0 Å². The molecule has 0 aliphatic rings. The lowest BCUT2D eigenvalue weighted by atomic mass is 10.2. The van der Waals surface area contributed by atoms with Crippen molar-refractivity contribution < 1.29 is 13.2 Å². The summed E-state index contributed by atoms with van der Waals surface area (Å²) < 4.78 is 29.7. The second-order valence-electron chi connectivity index (χ2n) is 3.81. The van der Waals surface area contributed by atoms with E-state index in [9.17, 15) is 8.42 Å². The minimum atomic E-state index is -3.25. The van der Waals surface area contributed by atoms with Crippen LogP contribution in [0, 0.1) is 0 Å². The molecule has 0 saturated carbocycles. The van der Waals surface area contributed by atoms with E-state index in [2.05, 4.69) is 0 Å². The number of rotatable bonds is 6. The normalized spacial score (nSPS) is 11.9. The summed E-state index contributed by atoms with van der Waals surface area (Å²) in [5.74, 6) is -0.00499. The number of methoxy groups -OCH3 is 1. The lowest BCUT2D eigenvalue weighted by molar-refractivity contribution is 0.215. The molecule has 0 spiro atoms. The van der Waals surface area contributed by atoms with Gasteiger partial charge < -0.3 is 10.5 Å².